The average molecular weight is 503 g/mol. The van der Waals surface area contributed by atoms with Crippen molar-refractivity contribution in [3.8, 4) is 0 Å². The van der Waals surface area contributed by atoms with Crippen LogP contribution in [0, 0.1) is 0 Å². The molecule has 2 aliphatic heterocycles. The molecule has 0 amide bonds. The SMILES string of the molecule is COCCOCCOCCN1CCCCC1CCN1c2ccccc2Sc2ccc(SC)cc21. The molecule has 0 aromatic heterocycles. The van der Waals surface area contributed by atoms with Crippen LogP contribution in [-0.2, 0) is 14.2 Å². The lowest BCUT2D eigenvalue weighted by Gasteiger charge is -2.38. The van der Waals surface area contributed by atoms with E-state index in [1.54, 1.807) is 7.11 Å². The molecule has 4 rings (SSSR count). The van der Waals surface area contributed by atoms with Gasteiger partial charge in [0.1, 0.15) is 0 Å². The van der Waals surface area contributed by atoms with Crippen molar-refractivity contribution < 1.29 is 14.2 Å². The van der Waals surface area contributed by atoms with Gasteiger partial charge in [0, 0.05) is 40.9 Å². The minimum atomic E-state index is 0.615. The van der Waals surface area contributed by atoms with E-state index in [1.165, 1.54) is 58.3 Å². The van der Waals surface area contributed by atoms with E-state index >= 15 is 0 Å². The molecule has 0 saturated carbocycles. The van der Waals surface area contributed by atoms with Crippen molar-refractivity contribution in [2.45, 2.75) is 46.4 Å². The van der Waals surface area contributed by atoms with Gasteiger partial charge >= 0.3 is 0 Å². The largest absolute Gasteiger partial charge is 0.382 e. The summed E-state index contributed by atoms with van der Waals surface area (Å²) in [6, 6.07) is 16.4. The highest BCUT2D eigenvalue weighted by molar-refractivity contribution is 8.00. The third kappa shape index (κ3) is 6.93. The quantitative estimate of drug-likeness (QED) is 0.248. The van der Waals surface area contributed by atoms with Crippen molar-refractivity contribution in [3.63, 3.8) is 0 Å². The van der Waals surface area contributed by atoms with Gasteiger partial charge in [-0.2, -0.15) is 0 Å². The highest BCUT2D eigenvalue weighted by Gasteiger charge is 2.27. The number of piperidine rings is 1. The predicted octanol–water partition coefficient (Wildman–Crippen LogP) is 5.94. The first kappa shape index (κ1) is 25.9. The van der Waals surface area contributed by atoms with Crippen molar-refractivity contribution in [1.82, 2.24) is 4.90 Å². The summed E-state index contributed by atoms with van der Waals surface area (Å²) in [7, 11) is 1.69. The minimum absolute atomic E-state index is 0.615. The van der Waals surface area contributed by atoms with Crippen LogP contribution in [0.5, 0.6) is 0 Å². The molecule has 1 fully saturated rings. The van der Waals surface area contributed by atoms with E-state index in [1.807, 2.05) is 23.5 Å². The Labute approximate surface area is 213 Å². The molecule has 1 unspecified atom stereocenters. The Kier molecular flexibility index (Phi) is 10.5. The molecule has 0 aliphatic carbocycles. The van der Waals surface area contributed by atoms with Gasteiger partial charge in [0.25, 0.3) is 0 Å². The molecule has 7 heteroatoms. The molecule has 186 valence electrons. The number of para-hydroxylation sites is 1. The van der Waals surface area contributed by atoms with Gasteiger partial charge in [0.15, 0.2) is 0 Å². The number of hydrogen-bond acceptors (Lipinski definition) is 7. The Morgan fingerprint density at radius 2 is 1.71 bits per heavy atom. The first-order valence-corrected chi connectivity index (χ1v) is 14.4. The minimum Gasteiger partial charge on any atom is -0.382 e. The maximum absolute atomic E-state index is 5.85. The van der Waals surface area contributed by atoms with Crippen LogP contribution >= 0.6 is 23.5 Å². The summed E-state index contributed by atoms with van der Waals surface area (Å²) < 4.78 is 16.3. The number of thioether (sulfide) groups is 1. The Morgan fingerprint density at radius 1 is 0.912 bits per heavy atom. The van der Waals surface area contributed by atoms with E-state index in [-0.39, 0.29) is 0 Å². The lowest BCUT2D eigenvalue weighted by atomic mass is 9.99. The third-order valence-electron chi connectivity index (χ3n) is 6.59. The summed E-state index contributed by atoms with van der Waals surface area (Å²) in [6.45, 7) is 6.55. The maximum atomic E-state index is 5.85. The third-order valence-corrected chi connectivity index (χ3v) is 8.45. The van der Waals surface area contributed by atoms with Crippen molar-refractivity contribution in [2.75, 3.05) is 70.9 Å². The molecular formula is C27H38N2O3S2. The zero-order valence-corrected chi connectivity index (χ0v) is 22.2. The van der Waals surface area contributed by atoms with E-state index in [9.17, 15) is 0 Å². The number of fused-ring (bicyclic) bond motifs is 2. The Balaban J connectivity index is 1.34. The van der Waals surface area contributed by atoms with E-state index in [0.717, 1.165) is 19.7 Å². The van der Waals surface area contributed by atoms with Crippen LogP contribution in [0.25, 0.3) is 0 Å². The van der Waals surface area contributed by atoms with Crippen molar-refractivity contribution >= 4 is 34.9 Å². The molecule has 5 nitrogen and oxygen atoms in total. The van der Waals surface area contributed by atoms with E-state index in [2.05, 4.69) is 58.5 Å². The average Bonchev–Trinajstić information content (AvgIpc) is 2.88. The Bertz CT molecular complexity index is 898. The van der Waals surface area contributed by atoms with Gasteiger partial charge in [-0.05, 0) is 62.4 Å². The van der Waals surface area contributed by atoms with Gasteiger partial charge in [-0.15, -0.1) is 11.8 Å². The fourth-order valence-corrected chi connectivity index (χ4v) is 6.29. The molecule has 0 radical (unpaired) electrons. The molecule has 2 aliphatic rings. The molecule has 0 bridgehead atoms. The number of rotatable bonds is 13. The lowest BCUT2D eigenvalue weighted by Crippen LogP contribution is -2.43. The lowest BCUT2D eigenvalue weighted by molar-refractivity contribution is 0.0134. The second-order valence-electron chi connectivity index (χ2n) is 8.75. The van der Waals surface area contributed by atoms with Crippen LogP contribution in [0.15, 0.2) is 57.2 Å². The summed E-state index contributed by atoms with van der Waals surface area (Å²) in [5, 5.41) is 0. The number of methoxy groups -OCH3 is 1. The normalized spacial score (nSPS) is 18.1. The highest BCUT2D eigenvalue weighted by Crippen LogP contribution is 2.49. The second kappa shape index (κ2) is 13.8. The molecule has 2 heterocycles. The molecule has 2 aromatic rings. The smallest absolute Gasteiger partial charge is 0.0701 e. The number of ether oxygens (including phenoxy) is 3. The van der Waals surface area contributed by atoms with Crippen molar-refractivity contribution in [1.29, 1.82) is 0 Å². The molecule has 1 atom stereocenters. The topological polar surface area (TPSA) is 34.2 Å². The number of nitrogens with zero attached hydrogens (tertiary/aromatic N) is 2. The Hall–Kier alpha value is -1.22. The summed E-state index contributed by atoms with van der Waals surface area (Å²) in [4.78, 5) is 9.25. The standard InChI is InChI=1S/C27H38N2O3S2/c1-30-17-18-32-20-19-31-16-15-28-13-6-5-7-22(28)12-14-29-24-8-3-4-9-26(24)34-27-11-10-23(33-2)21-25(27)29/h3-4,8-11,21-22H,5-7,12-20H2,1-2H3. The second-order valence-corrected chi connectivity index (χ2v) is 10.7. The van der Waals surface area contributed by atoms with Gasteiger partial charge in [-0.1, -0.05) is 30.3 Å². The fourth-order valence-electron chi connectivity index (χ4n) is 4.78. The predicted molar refractivity (Wildman–Crippen MR) is 143 cm³/mol. The monoisotopic (exact) mass is 502 g/mol. The van der Waals surface area contributed by atoms with Crippen molar-refractivity contribution in [2.24, 2.45) is 0 Å². The van der Waals surface area contributed by atoms with Crippen LogP contribution in [-0.4, -0.2) is 77.0 Å². The van der Waals surface area contributed by atoms with Gasteiger partial charge in [-0.3, -0.25) is 4.90 Å². The number of hydrogen-bond donors (Lipinski definition) is 0. The van der Waals surface area contributed by atoms with Gasteiger partial charge in [0.05, 0.1) is 44.4 Å². The van der Waals surface area contributed by atoms with Crippen LogP contribution in [0.1, 0.15) is 25.7 Å². The molecule has 34 heavy (non-hydrogen) atoms. The van der Waals surface area contributed by atoms with Crippen LogP contribution in [0.3, 0.4) is 0 Å². The first-order valence-electron chi connectivity index (χ1n) is 12.4. The molecule has 0 N–H and O–H groups in total. The molecule has 1 saturated heterocycles. The maximum Gasteiger partial charge on any atom is 0.0701 e. The van der Waals surface area contributed by atoms with E-state index in [0.29, 0.717) is 32.5 Å². The van der Waals surface area contributed by atoms with Gasteiger partial charge in [-0.25, -0.2) is 0 Å². The van der Waals surface area contributed by atoms with Gasteiger partial charge in [0.2, 0.25) is 0 Å². The van der Waals surface area contributed by atoms with Crippen molar-refractivity contribution in [3.05, 3.63) is 42.5 Å². The van der Waals surface area contributed by atoms with Crippen LogP contribution in [0.2, 0.25) is 0 Å². The first-order chi connectivity index (χ1) is 16.8. The summed E-state index contributed by atoms with van der Waals surface area (Å²) in [5.74, 6) is 0. The van der Waals surface area contributed by atoms with Gasteiger partial charge < -0.3 is 19.1 Å². The molecule has 2 aromatic carbocycles. The number of anilines is 2. The number of likely N-dealkylation sites (tertiary alicyclic amines) is 1. The summed E-state index contributed by atoms with van der Waals surface area (Å²) in [5.41, 5.74) is 2.70. The fraction of sp³-hybridized carbons (Fsp3) is 0.556. The van der Waals surface area contributed by atoms with Crippen LogP contribution < -0.4 is 4.90 Å². The van der Waals surface area contributed by atoms with E-state index < -0.39 is 0 Å². The Morgan fingerprint density at radius 3 is 2.56 bits per heavy atom. The molecular weight excluding hydrogens is 464 g/mol. The number of benzene rings is 2. The van der Waals surface area contributed by atoms with E-state index in [4.69, 9.17) is 14.2 Å². The molecule has 0 spiro atoms. The summed E-state index contributed by atoms with van der Waals surface area (Å²) >= 11 is 3.71. The van der Waals surface area contributed by atoms with Crippen LogP contribution in [0.4, 0.5) is 11.4 Å². The zero-order valence-electron chi connectivity index (χ0n) is 20.5. The summed E-state index contributed by atoms with van der Waals surface area (Å²) in [6.07, 6.45) is 7.22. The highest BCUT2D eigenvalue weighted by atomic mass is 32.2. The zero-order chi connectivity index (χ0) is 23.6.